The van der Waals surface area contributed by atoms with Crippen LogP contribution in [0.25, 0.3) is 11.5 Å². The minimum absolute atomic E-state index is 0.00886. The number of carbonyl (C=O) groups excluding carboxylic acids is 2. The number of rotatable bonds is 7. The first kappa shape index (κ1) is 21.8. The highest BCUT2D eigenvalue weighted by atomic mass is 35.5. The number of benzene rings is 2. The molecule has 1 atom stereocenters. The number of nitrogens with one attached hydrogen (secondary N) is 1. The number of anilines is 1. The third-order valence-electron chi connectivity index (χ3n) is 4.20. The number of aromatic nitrogens is 2. The fourth-order valence-corrected chi connectivity index (χ4v) is 2.87. The maximum Gasteiger partial charge on any atom is 0.307 e. The van der Waals surface area contributed by atoms with Crippen LogP contribution in [0.3, 0.4) is 0 Å². The number of carbonyl (C=O) groups is 2. The fraction of sp³-hybridized carbons (Fsp3) is 0.238. The van der Waals surface area contributed by atoms with Crippen molar-refractivity contribution < 1.29 is 18.7 Å². The molecule has 0 aliphatic carbocycles. The van der Waals surface area contributed by atoms with Gasteiger partial charge in [0.05, 0.1) is 22.2 Å². The Kier molecular flexibility index (Phi) is 7.07. The Bertz CT molecular complexity index is 1050. The van der Waals surface area contributed by atoms with Gasteiger partial charge in [-0.15, -0.1) is 10.2 Å². The number of nitrogens with zero attached hydrogens (tertiary/aromatic N) is 2. The van der Waals surface area contributed by atoms with Crippen molar-refractivity contribution in [1.82, 2.24) is 10.2 Å². The summed E-state index contributed by atoms with van der Waals surface area (Å²) in [7, 11) is 0. The summed E-state index contributed by atoms with van der Waals surface area (Å²) in [4.78, 5) is 24.3. The molecule has 1 heterocycles. The van der Waals surface area contributed by atoms with Crippen molar-refractivity contribution >= 4 is 40.8 Å². The minimum Gasteiger partial charge on any atom is -0.453 e. The molecule has 0 aliphatic heterocycles. The first-order valence-corrected chi connectivity index (χ1v) is 9.93. The molecule has 7 nitrogen and oxygen atoms in total. The average molecular weight is 448 g/mol. The first-order chi connectivity index (χ1) is 14.3. The Morgan fingerprint density at radius 2 is 1.87 bits per heavy atom. The van der Waals surface area contributed by atoms with E-state index in [1.807, 2.05) is 31.2 Å². The molecule has 1 unspecified atom stereocenters. The molecule has 0 fully saturated rings. The quantitative estimate of drug-likeness (QED) is 0.519. The second kappa shape index (κ2) is 9.73. The van der Waals surface area contributed by atoms with Gasteiger partial charge in [0.2, 0.25) is 11.8 Å². The number of esters is 1. The third kappa shape index (κ3) is 5.58. The van der Waals surface area contributed by atoms with E-state index in [-0.39, 0.29) is 17.9 Å². The van der Waals surface area contributed by atoms with Crippen molar-refractivity contribution in [3.05, 3.63) is 64.0 Å². The molecule has 2 aromatic carbocycles. The van der Waals surface area contributed by atoms with Crippen LogP contribution in [0.2, 0.25) is 10.0 Å². The summed E-state index contributed by atoms with van der Waals surface area (Å²) >= 11 is 12.0. The molecule has 3 aromatic rings. The summed E-state index contributed by atoms with van der Waals surface area (Å²) in [6.07, 6.45) is -0.824. The van der Waals surface area contributed by atoms with Crippen LogP contribution in [-0.4, -0.2) is 28.2 Å². The van der Waals surface area contributed by atoms with E-state index in [1.165, 1.54) is 6.92 Å². The van der Waals surface area contributed by atoms with Crippen molar-refractivity contribution in [3.8, 4) is 11.5 Å². The van der Waals surface area contributed by atoms with E-state index in [0.717, 1.165) is 11.1 Å². The van der Waals surface area contributed by atoms with Crippen LogP contribution in [0, 0.1) is 6.92 Å². The van der Waals surface area contributed by atoms with Gasteiger partial charge >= 0.3 is 5.97 Å². The standard InChI is InChI=1S/C21H19Cl2N3O4/c1-12-6-8-14(9-7-12)21-26-25-17(30-21)10-11-18(27)29-13(2)20(28)24-16-5-3-4-15(22)19(16)23/h3-9,13H,10-11H2,1-2H3,(H,24,28). The normalized spacial score (nSPS) is 11.7. The van der Waals surface area contributed by atoms with E-state index in [4.69, 9.17) is 32.4 Å². The van der Waals surface area contributed by atoms with E-state index in [9.17, 15) is 9.59 Å². The van der Waals surface area contributed by atoms with Gasteiger partial charge in [-0.3, -0.25) is 9.59 Å². The van der Waals surface area contributed by atoms with Gasteiger partial charge in [0, 0.05) is 12.0 Å². The zero-order chi connectivity index (χ0) is 21.7. The SMILES string of the molecule is Cc1ccc(-c2nnc(CCC(=O)OC(C)C(=O)Nc3cccc(Cl)c3Cl)o2)cc1. The predicted octanol–water partition coefficient (Wildman–Crippen LogP) is 4.85. The lowest BCUT2D eigenvalue weighted by atomic mass is 10.1. The summed E-state index contributed by atoms with van der Waals surface area (Å²) < 4.78 is 10.7. The van der Waals surface area contributed by atoms with Gasteiger partial charge in [0.15, 0.2) is 6.10 Å². The largest absolute Gasteiger partial charge is 0.453 e. The zero-order valence-corrected chi connectivity index (χ0v) is 17.8. The summed E-state index contributed by atoms with van der Waals surface area (Å²) in [6.45, 7) is 3.45. The van der Waals surface area contributed by atoms with Crippen LogP contribution in [-0.2, 0) is 20.7 Å². The van der Waals surface area contributed by atoms with E-state index in [1.54, 1.807) is 18.2 Å². The molecule has 0 spiro atoms. The van der Waals surface area contributed by atoms with E-state index in [0.29, 0.717) is 22.5 Å². The lowest BCUT2D eigenvalue weighted by Gasteiger charge is -2.14. The van der Waals surface area contributed by atoms with Gasteiger partial charge in [0.25, 0.3) is 5.91 Å². The molecule has 1 N–H and O–H groups in total. The Labute approximate surface area is 183 Å². The molecule has 9 heteroatoms. The van der Waals surface area contributed by atoms with Crippen LogP contribution in [0.5, 0.6) is 0 Å². The molecule has 30 heavy (non-hydrogen) atoms. The number of hydrogen-bond donors (Lipinski definition) is 1. The maximum atomic E-state index is 12.2. The summed E-state index contributed by atoms with van der Waals surface area (Å²) in [5.74, 6) is -0.397. The highest BCUT2D eigenvalue weighted by Crippen LogP contribution is 2.29. The van der Waals surface area contributed by atoms with Gasteiger partial charge in [0.1, 0.15) is 0 Å². The molecule has 1 aromatic heterocycles. The highest BCUT2D eigenvalue weighted by Gasteiger charge is 2.20. The maximum absolute atomic E-state index is 12.2. The average Bonchev–Trinajstić information content (AvgIpc) is 3.19. The second-order valence-electron chi connectivity index (χ2n) is 6.59. The van der Waals surface area contributed by atoms with E-state index >= 15 is 0 Å². The van der Waals surface area contributed by atoms with Crippen molar-refractivity contribution in [3.63, 3.8) is 0 Å². The number of ether oxygens (including phenoxy) is 1. The van der Waals surface area contributed by atoms with Crippen LogP contribution < -0.4 is 5.32 Å². The number of halogens is 2. The number of amides is 1. The molecule has 0 aliphatic rings. The minimum atomic E-state index is -1.02. The molecule has 1 amide bonds. The van der Waals surface area contributed by atoms with E-state index < -0.39 is 18.0 Å². The Balaban J connectivity index is 1.50. The van der Waals surface area contributed by atoms with Gasteiger partial charge in [-0.25, -0.2) is 0 Å². The van der Waals surface area contributed by atoms with E-state index in [2.05, 4.69) is 15.5 Å². The van der Waals surface area contributed by atoms with Crippen LogP contribution in [0.15, 0.2) is 46.9 Å². The van der Waals surface area contributed by atoms with Crippen LogP contribution >= 0.6 is 23.2 Å². The Morgan fingerprint density at radius 3 is 2.60 bits per heavy atom. The number of hydrogen-bond acceptors (Lipinski definition) is 6. The van der Waals surface area contributed by atoms with Crippen LogP contribution in [0.1, 0.15) is 24.8 Å². The molecule has 0 bridgehead atoms. The Hall–Kier alpha value is -2.90. The van der Waals surface area contributed by atoms with Gasteiger partial charge < -0.3 is 14.5 Å². The highest BCUT2D eigenvalue weighted by molar-refractivity contribution is 6.44. The lowest BCUT2D eigenvalue weighted by molar-refractivity contribution is -0.153. The molecule has 0 radical (unpaired) electrons. The second-order valence-corrected chi connectivity index (χ2v) is 7.37. The first-order valence-electron chi connectivity index (χ1n) is 9.17. The van der Waals surface area contributed by atoms with Crippen molar-refractivity contribution in [1.29, 1.82) is 0 Å². The monoisotopic (exact) mass is 447 g/mol. The third-order valence-corrected chi connectivity index (χ3v) is 5.01. The van der Waals surface area contributed by atoms with Crippen LogP contribution in [0.4, 0.5) is 5.69 Å². The van der Waals surface area contributed by atoms with Crippen molar-refractivity contribution in [2.75, 3.05) is 5.32 Å². The molecule has 0 saturated carbocycles. The predicted molar refractivity (Wildman–Crippen MR) is 113 cm³/mol. The molecular formula is C21H19Cl2N3O4. The fourth-order valence-electron chi connectivity index (χ4n) is 2.52. The smallest absolute Gasteiger partial charge is 0.307 e. The van der Waals surface area contributed by atoms with Gasteiger partial charge in [-0.1, -0.05) is 47.0 Å². The van der Waals surface area contributed by atoms with Gasteiger partial charge in [-0.05, 0) is 38.1 Å². The lowest BCUT2D eigenvalue weighted by Crippen LogP contribution is -2.30. The zero-order valence-electron chi connectivity index (χ0n) is 16.3. The van der Waals surface area contributed by atoms with Gasteiger partial charge in [-0.2, -0.15) is 0 Å². The summed E-state index contributed by atoms with van der Waals surface area (Å²) in [6, 6.07) is 12.5. The molecule has 3 rings (SSSR count). The summed E-state index contributed by atoms with van der Waals surface area (Å²) in [5, 5.41) is 11.0. The topological polar surface area (TPSA) is 94.3 Å². The number of aryl methyl sites for hydroxylation is 2. The summed E-state index contributed by atoms with van der Waals surface area (Å²) in [5.41, 5.74) is 2.26. The molecule has 156 valence electrons. The Morgan fingerprint density at radius 1 is 1.13 bits per heavy atom. The molecule has 0 saturated heterocycles. The van der Waals surface area contributed by atoms with Crippen molar-refractivity contribution in [2.24, 2.45) is 0 Å². The van der Waals surface area contributed by atoms with Crippen molar-refractivity contribution in [2.45, 2.75) is 32.8 Å². The molecular weight excluding hydrogens is 429 g/mol.